The minimum atomic E-state index is -0.0138. The summed E-state index contributed by atoms with van der Waals surface area (Å²) >= 11 is 1.52. The van der Waals surface area contributed by atoms with Gasteiger partial charge in [-0.1, -0.05) is 41.2 Å². The number of amidine groups is 1. The van der Waals surface area contributed by atoms with Crippen LogP contribution >= 0.6 is 11.8 Å². The van der Waals surface area contributed by atoms with Gasteiger partial charge in [0.2, 0.25) is 0 Å². The van der Waals surface area contributed by atoms with Crippen LogP contribution in [0, 0.1) is 6.92 Å². The molecule has 1 aromatic carbocycles. The third kappa shape index (κ3) is 3.45. The summed E-state index contributed by atoms with van der Waals surface area (Å²) in [6.45, 7) is 2.07. The Morgan fingerprint density at radius 2 is 2.16 bits per heavy atom. The number of rotatable bonds is 4. The highest BCUT2D eigenvalue weighted by Crippen LogP contribution is 2.21. The monoisotopic (exact) mass is 274 g/mol. The van der Waals surface area contributed by atoms with Gasteiger partial charge in [0.05, 0.1) is 0 Å². The zero-order valence-corrected chi connectivity index (χ0v) is 11.3. The van der Waals surface area contributed by atoms with E-state index in [0.717, 1.165) is 5.75 Å². The van der Waals surface area contributed by atoms with Gasteiger partial charge < -0.3 is 10.9 Å². The first kappa shape index (κ1) is 13.4. The molecule has 1 heterocycles. The SMILES string of the molecule is Cc1ccccc1CSc1nccc(/C(N)=N/O)n1. The van der Waals surface area contributed by atoms with Crippen molar-refractivity contribution in [2.75, 3.05) is 0 Å². The van der Waals surface area contributed by atoms with E-state index >= 15 is 0 Å². The Morgan fingerprint density at radius 3 is 2.89 bits per heavy atom. The zero-order chi connectivity index (χ0) is 13.7. The smallest absolute Gasteiger partial charge is 0.188 e. The molecule has 0 saturated heterocycles. The van der Waals surface area contributed by atoms with Gasteiger partial charge in [-0.05, 0) is 24.1 Å². The second-order valence-electron chi connectivity index (χ2n) is 3.92. The van der Waals surface area contributed by atoms with Gasteiger partial charge in [0.15, 0.2) is 11.0 Å². The summed E-state index contributed by atoms with van der Waals surface area (Å²) < 4.78 is 0. The number of aryl methyl sites for hydroxylation is 1. The molecule has 2 aromatic rings. The predicted octanol–water partition coefficient (Wildman–Crippen LogP) is 2.17. The van der Waals surface area contributed by atoms with Crippen LogP contribution in [-0.2, 0) is 5.75 Å². The summed E-state index contributed by atoms with van der Waals surface area (Å²) in [5.74, 6) is 0.770. The Morgan fingerprint density at radius 1 is 1.37 bits per heavy atom. The largest absolute Gasteiger partial charge is 0.409 e. The molecule has 1 aromatic heterocycles. The third-order valence-electron chi connectivity index (χ3n) is 2.62. The van der Waals surface area contributed by atoms with E-state index in [1.807, 2.05) is 12.1 Å². The Kier molecular flexibility index (Phi) is 4.35. The number of hydrogen-bond acceptors (Lipinski definition) is 5. The van der Waals surface area contributed by atoms with E-state index in [0.29, 0.717) is 10.9 Å². The van der Waals surface area contributed by atoms with Crippen LogP contribution in [-0.4, -0.2) is 21.0 Å². The molecule has 0 bridgehead atoms. The van der Waals surface area contributed by atoms with Crippen molar-refractivity contribution in [2.24, 2.45) is 10.9 Å². The van der Waals surface area contributed by atoms with Crippen molar-refractivity contribution in [3.63, 3.8) is 0 Å². The van der Waals surface area contributed by atoms with Gasteiger partial charge in [0.1, 0.15) is 5.69 Å². The summed E-state index contributed by atoms with van der Waals surface area (Å²) in [6, 6.07) is 9.78. The fraction of sp³-hybridized carbons (Fsp3) is 0.154. The molecule has 6 heteroatoms. The standard InChI is InChI=1S/C13H14N4OS/c1-9-4-2-3-5-10(9)8-19-13-15-7-6-11(16-13)12(14)17-18/h2-7,18H,8H2,1H3,(H2,14,17). The topological polar surface area (TPSA) is 84.4 Å². The average Bonchev–Trinajstić information content (AvgIpc) is 2.46. The molecule has 5 nitrogen and oxygen atoms in total. The lowest BCUT2D eigenvalue weighted by Gasteiger charge is -2.05. The molecule has 2 rings (SSSR count). The number of hydrogen-bond donors (Lipinski definition) is 2. The van der Waals surface area contributed by atoms with Crippen LogP contribution < -0.4 is 5.73 Å². The molecule has 0 unspecified atom stereocenters. The van der Waals surface area contributed by atoms with E-state index in [-0.39, 0.29) is 5.84 Å². The summed E-state index contributed by atoms with van der Waals surface area (Å²) in [6.07, 6.45) is 1.60. The fourth-order valence-corrected chi connectivity index (χ4v) is 2.43. The fourth-order valence-electron chi connectivity index (χ4n) is 1.52. The van der Waals surface area contributed by atoms with E-state index < -0.39 is 0 Å². The van der Waals surface area contributed by atoms with Crippen LogP contribution in [0.15, 0.2) is 46.8 Å². The maximum atomic E-state index is 8.62. The molecule has 0 aliphatic rings. The lowest BCUT2D eigenvalue weighted by atomic mass is 10.1. The Balaban J connectivity index is 2.10. The molecule has 19 heavy (non-hydrogen) atoms. The molecule has 0 fully saturated rings. The van der Waals surface area contributed by atoms with Crippen molar-refractivity contribution in [3.05, 3.63) is 53.3 Å². The molecule has 0 saturated carbocycles. The quantitative estimate of drug-likeness (QED) is 0.223. The molecular formula is C13H14N4OS. The first-order chi connectivity index (χ1) is 9.20. The van der Waals surface area contributed by atoms with E-state index in [1.54, 1.807) is 12.3 Å². The molecule has 0 aliphatic carbocycles. The molecule has 0 radical (unpaired) electrons. The number of aromatic nitrogens is 2. The van der Waals surface area contributed by atoms with Gasteiger partial charge in [-0.2, -0.15) is 0 Å². The zero-order valence-electron chi connectivity index (χ0n) is 10.4. The third-order valence-corrected chi connectivity index (χ3v) is 3.53. The number of oxime groups is 1. The molecule has 3 N–H and O–H groups in total. The van der Waals surface area contributed by atoms with Gasteiger partial charge in [0, 0.05) is 11.9 Å². The Labute approximate surface area is 115 Å². The normalized spacial score (nSPS) is 11.5. The van der Waals surface area contributed by atoms with Gasteiger partial charge in [-0.3, -0.25) is 0 Å². The highest BCUT2D eigenvalue weighted by Gasteiger charge is 2.05. The maximum absolute atomic E-state index is 8.62. The number of thioether (sulfide) groups is 1. The first-order valence-electron chi connectivity index (χ1n) is 5.69. The van der Waals surface area contributed by atoms with E-state index in [1.165, 1.54) is 22.9 Å². The minimum Gasteiger partial charge on any atom is -0.409 e. The molecule has 0 aliphatic heterocycles. The average molecular weight is 274 g/mol. The van der Waals surface area contributed by atoms with Gasteiger partial charge >= 0.3 is 0 Å². The second-order valence-corrected chi connectivity index (χ2v) is 4.87. The molecule has 98 valence electrons. The van der Waals surface area contributed by atoms with Crippen molar-refractivity contribution in [3.8, 4) is 0 Å². The summed E-state index contributed by atoms with van der Waals surface area (Å²) in [5.41, 5.74) is 8.40. The van der Waals surface area contributed by atoms with Crippen LogP contribution in [0.2, 0.25) is 0 Å². The maximum Gasteiger partial charge on any atom is 0.188 e. The van der Waals surface area contributed by atoms with E-state index in [9.17, 15) is 0 Å². The minimum absolute atomic E-state index is 0.0138. The molecule has 0 atom stereocenters. The van der Waals surface area contributed by atoms with Crippen LogP contribution in [0.3, 0.4) is 0 Å². The van der Waals surface area contributed by atoms with E-state index in [4.69, 9.17) is 10.9 Å². The van der Waals surface area contributed by atoms with Crippen molar-refractivity contribution in [1.29, 1.82) is 0 Å². The van der Waals surface area contributed by atoms with Crippen molar-refractivity contribution in [1.82, 2.24) is 9.97 Å². The van der Waals surface area contributed by atoms with Crippen LogP contribution in [0.4, 0.5) is 0 Å². The summed E-state index contributed by atoms with van der Waals surface area (Å²) in [4.78, 5) is 8.38. The van der Waals surface area contributed by atoms with Gasteiger partial charge in [0.25, 0.3) is 0 Å². The highest BCUT2D eigenvalue weighted by atomic mass is 32.2. The van der Waals surface area contributed by atoms with Crippen molar-refractivity contribution >= 4 is 17.6 Å². The molecular weight excluding hydrogens is 260 g/mol. The van der Waals surface area contributed by atoms with Gasteiger partial charge in [-0.25, -0.2) is 9.97 Å². The highest BCUT2D eigenvalue weighted by molar-refractivity contribution is 7.98. The Bertz CT molecular complexity index is 601. The lowest BCUT2D eigenvalue weighted by Crippen LogP contribution is -2.15. The lowest BCUT2D eigenvalue weighted by molar-refractivity contribution is 0.318. The van der Waals surface area contributed by atoms with Crippen molar-refractivity contribution < 1.29 is 5.21 Å². The number of benzene rings is 1. The van der Waals surface area contributed by atoms with Gasteiger partial charge in [-0.15, -0.1) is 0 Å². The van der Waals surface area contributed by atoms with E-state index in [2.05, 4.69) is 34.2 Å². The number of nitrogens with zero attached hydrogens (tertiary/aromatic N) is 3. The van der Waals surface area contributed by atoms with Crippen LogP contribution in [0.1, 0.15) is 16.8 Å². The Hall–Kier alpha value is -2.08. The second kappa shape index (κ2) is 6.19. The van der Waals surface area contributed by atoms with Crippen LogP contribution in [0.5, 0.6) is 0 Å². The summed E-state index contributed by atoms with van der Waals surface area (Å²) in [7, 11) is 0. The number of nitrogens with two attached hydrogens (primary N) is 1. The van der Waals surface area contributed by atoms with Crippen molar-refractivity contribution in [2.45, 2.75) is 17.8 Å². The molecule has 0 amide bonds. The van der Waals surface area contributed by atoms with Crippen LogP contribution in [0.25, 0.3) is 0 Å². The molecule has 0 spiro atoms. The summed E-state index contributed by atoms with van der Waals surface area (Å²) in [5, 5.41) is 12.2. The predicted molar refractivity (Wildman–Crippen MR) is 75.3 cm³/mol. The first-order valence-corrected chi connectivity index (χ1v) is 6.67.